The lowest BCUT2D eigenvalue weighted by atomic mass is 10.1. The van der Waals surface area contributed by atoms with E-state index in [9.17, 15) is 10.1 Å². The second-order valence-electron chi connectivity index (χ2n) is 3.17. The SMILES string of the molecule is CSOc1cc2ccccc2cc1[N+](=O)[O-]. The highest BCUT2D eigenvalue weighted by Crippen LogP contribution is 2.33. The van der Waals surface area contributed by atoms with E-state index in [0.29, 0.717) is 0 Å². The summed E-state index contributed by atoms with van der Waals surface area (Å²) < 4.78 is 5.18. The Morgan fingerprint density at radius 3 is 2.44 bits per heavy atom. The number of benzene rings is 2. The van der Waals surface area contributed by atoms with Gasteiger partial charge in [-0.25, -0.2) is 0 Å². The molecule has 0 spiro atoms. The molecule has 2 aromatic carbocycles. The average Bonchev–Trinajstić information content (AvgIpc) is 2.28. The second-order valence-corrected chi connectivity index (χ2v) is 3.67. The van der Waals surface area contributed by atoms with Gasteiger partial charge in [0.1, 0.15) is 0 Å². The molecular weight excluding hydrogens is 226 g/mol. The van der Waals surface area contributed by atoms with Gasteiger partial charge < -0.3 is 4.18 Å². The molecule has 0 aliphatic rings. The standard InChI is InChI=1S/C11H9NO3S/c1-16-15-11-7-9-5-3-2-4-8(9)6-10(11)12(13)14/h2-7H,1H3. The van der Waals surface area contributed by atoms with E-state index >= 15 is 0 Å². The van der Waals surface area contributed by atoms with Crippen molar-refractivity contribution in [3.63, 3.8) is 0 Å². The maximum Gasteiger partial charge on any atom is 0.313 e. The van der Waals surface area contributed by atoms with Gasteiger partial charge in [0.15, 0.2) is 0 Å². The van der Waals surface area contributed by atoms with Gasteiger partial charge >= 0.3 is 5.69 Å². The van der Waals surface area contributed by atoms with Crippen LogP contribution in [0.15, 0.2) is 36.4 Å². The van der Waals surface area contributed by atoms with Crippen LogP contribution in [0.4, 0.5) is 5.69 Å². The van der Waals surface area contributed by atoms with Crippen LogP contribution in [0.2, 0.25) is 0 Å². The van der Waals surface area contributed by atoms with Crippen LogP contribution in [0.3, 0.4) is 0 Å². The van der Waals surface area contributed by atoms with E-state index < -0.39 is 4.92 Å². The van der Waals surface area contributed by atoms with Gasteiger partial charge in [-0.1, -0.05) is 24.3 Å². The summed E-state index contributed by atoms with van der Waals surface area (Å²) in [6.45, 7) is 0. The zero-order chi connectivity index (χ0) is 11.5. The number of nitro benzene ring substituents is 1. The molecule has 82 valence electrons. The molecule has 0 heterocycles. The molecule has 0 fully saturated rings. The summed E-state index contributed by atoms with van der Waals surface area (Å²) >= 11 is 1.09. The summed E-state index contributed by atoms with van der Waals surface area (Å²) in [7, 11) is 0. The summed E-state index contributed by atoms with van der Waals surface area (Å²) in [5.74, 6) is 0.288. The van der Waals surface area contributed by atoms with Crippen LogP contribution in [0, 0.1) is 10.1 Å². The maximum atomic E-state index is 10.9. The topological polar surface area (TPSA) is 52.4 Å². The predicted octanol–water partition coefficient (Wildman–Crippen LogP) is 3.40. The van der Waals surface area contributed by atoms with Gasteiger partial charge in [-0.3, -0.25) is 10.1 Å². The molecule has 0 aromatic heterocycles. The molecule has 2 rings (SSSR count). The van der Waals surface area contributed by atoms with E-state index in [0.717, 1.165) is 22.8 Å². The number of nitro groups is 1. The Labute approximate surface area is 96.6 Å². The molecule has 0 saturated carbocycles. The zero-order valence-electron chi connectivity index (χ0n) is 8.54. The van der Waals surface area contributed by atoms with Crippen molar-refractivity contribution < 1.29 is 9.11 Å². The van der Waals surface area contributed by atoms with Crippen molar-refractivity contribution in [3.8, 4) is 5.75 Å². The molecule has 0 aliphatic carbocycles. The summed E-state index contributed by atoms with van der Waals surface area (Å²) in [6, 6.07) is 10.7. The zero-order valence-corrected chi connectivity index (χ0v) is 9.36. The third kappa shape index (κ3) is 1.94. The number of nitrogens with zero attached hydrogens (tertiary/aromatic N) is 1. The van der Waals surface area contributed by atoms with E-state index in [1.165, 1.54) is 6.07 Å². The van der Waals surface area contributed by atoms with E-state index in [1.54, 1.807) is 12.3 Å². The first-order valence-electron chi connectivity index (χ1n) is 4.60. The Balaban J connectivity index is 2.65. The Hall–Kier alpha value is -1.75. The van der Waals surface area contributed by atoms with Gasteiger partial charge in [0.25, 0.3) is 0 Å². The molecule has 0 atom stereocenters. The van der Waals surface area contributed by atoms with Crippen LogP contribution < -0.4 is 4.18 Å². The quantitative estimate of drug-likeness (QED) is 0.464. The molecule has 0 unspecified atom stereocenters. The second kappa shape index (κ2) is 4.40. The normalized spacial score (nSPS) is 10.3. The minimum Gasteiger partial charge on any atom is -0.419 e. The Morgan fingerprint density at radius 1 is 1.25 bits per heavy atom. The lowest BCUT2D eigenvalue weighted by Gasteiger charge is -2.04. The molecule has 0 amide bonds. The fraction of sp³-hybridized carbons (Fsp3) is 0.0909. The summed E-state index contributed by atoms with van der Waals surface area (Å²) in [4.78, 5) is 10.4. The van der Waals surface area contributed by atoms with Gasteiger partial charge in [-0.2, -0.15) is 0 Å². The Morgan fingerprint density at radius 2 is 1.88 bits per heavy atom. The summed E-state index contributed by atoms with van der Waals surface area (Å²) in [5.41, 5.74) is -0.00644. The van der Waals surface area contributed by atoms with Crippen molar-refractivity contribution in [1.82, 2.24) is 0 Å². The molecule has 0 radical (unpaired) electrons. The monoisotopic (exact) mass is 235 g/mol. The minimum absolute atomic E-state index is 0.00644. The van der Waals surface area contributed by atoms with Crippen LogP contribution >= 0.6 is 12.0 Å². The number of hydrogen-bond donors (Lipinski definition) is 0. The van der Waals surface area contributed by atoms with Crippen molar-refractivity contribution in [2.24, 2.45) is 0 Å². The van der Waals surface area contributed by atoms with Gasteiger partial charge in [0.05, 0.1) is 17.0 Å². The van der Waals surface area contributed by atoms with Crippen molar-refractivity contribution in [2.45, 2.75) is 0 Å². The smallest absolute Gasteiger partial charge is 0.313 e. The lowest BCUT2D eigenvalue weighted by molar-refractivity contribution is -0.385. The molecule has 2 aromatic rings. The lowest BCUT2D eigenvalue weighted by Crippen LogP contribution is -1.92. The van der Waals surface area contributed by atoms with Crippen molar-refractivity contribution in [1.29, 1.82) is 0 Å². The number of hydrogen-bond acceptors (Lipinski definition) is 4. The van der Waals surface area contributed by atoms with E-state index in [4.69, 9.17) is 4.18 Å². The third-order valence-corrected chi connectivity index (χ3v) is 2.54. The van der Waals surface area contributed by atoms with Crippen molar-refractivity contribution in [3.05, 3.63) is 46.5 Å². The van der Waals surface area contributed by atoms with Gasteiger partial charge in [0.2, 0.25) is 5.75 Å². The van der Waals surface area contributed by atoms with Crippen LogP contribution in [-0.2, 0) is 0 Å². The minimum atomic E-state index is -0.433. The first kappa shape index (κ1) is 10.8. The van der Waals surface area contributed by atoms with Crippen LogP contribution in [0.25, 0.3) is 10.8 Å². The van der Waals surface area contributed by atoms with Crippen LogP contribution in [-0.4, -0.2) is 11.2 Å². The average molecular weight is 235 g/mol. The highest BCUT2D eigenvalue weighted by Gasteiger charge is 2.16. The largest absolute Gasteiger partial charge is 0.419 e. The Kier molecular flexibility index (Phi) is 2.96. The van der Waals surface area contributed by atoms with E-state index in [2.05, 4.69) is 0 Å². The van der Waals surface area contributed by atoms with Crippen LogP contribution in [0.1, 0.15) is 0 Å². The van der Waals surface area contributed by atoms with Crippen molar-refractivity contribution in [2.75, 3.05) is 6.26 Å². The van der Waals surface area contributed by atoms with E-state index in [1.807, 2.05) is 24.3 Å². The third-order valence-electron chi connectivity index (χ3n) is 2.20. The Bertz CT molecular complexity index is 542. The fourth-order valence-corrected chi connectivity index (χ4v) is 1.82. The predicted molar refractivity (Wildman–Crippen MR) is 64.7 cm³/mol. The highest BCUT2D eigenvalue weighted by atomic mass is 32.2. The van der Waals surface area contributed by atoms with Crippen molar-refractivity contribution >= 4 is 28.5 Å². The molecule has 0 N–H and O–H groups in total. The van der Waals surface area contributed by atoms with E-state index in [-0.39, 0.29) is 11.4 Å². The molecule has 4 nitrogen and oxygen atoms in total. The van der Waals surface area contributed by atoms with Gasteiger partial charge in [-0.05, 0) is 16.8 Å². The number of rotatable bonds is 3. The fourth-order valence-electron chi connectivity index (χ4n) is 1.51. The summed E-state index contributed by atoms with van der Waals surface area (Å²) in [6.07, 6.45) is 1.72. The molecule has 0 saturated heterocycles. The molecular formula is C11H9NO3S. The molecule has 16 heavy (non-hydrogen) atoms. The highest BCUT2D eigenvalue weighted by molar-refractivity contribution is 7.94. The maximum absolute atomic E-state index is 10.9. The molecule has 0 bridgehead atoms. The molecule has 5 heteroatoms. The van der Waals surface area contributed by atoms with Gasteiger partial charge in [-0.15, -0.1) is 0 Å². The number of fused-ring (bicyclic) bond motifs is 1. The molecule has 0 aliphatic heterocycles. The first-order chi connectivity index (χ1) is 7.72. The van der Waals surface area contributed by atoms with Crippen LogP contribution in [0.5, 0.6) is 5.75 Å². The summed E-state index contributed by atoms with van der Waals surface area (Å²) in [5, 5.41) is 12.6. The first-order valence-corrected chi connectivity index (χ1v) is 5.75. The van der Waals surface area contributed by atoms with Gasteiger partial charge in [0, 0.05) is 12.3 Å².